The van der Waals surface area contributed by atoms with E-state index in [1.165, 1.54) is 0 Å². The number of nitro groups is 1. The van der Waals surface area contributed by atoms with Crippen LogP contribution in [0.3, 0.4) is 0 Å². The number of hydrogen-bond acceptors (Lipinski definition) is 5. The first-order valence-corrected chi connectivity index (χ1v) is 6.20. The molecule has 1 aromatic heterocycles. The molecule has 0 aromatic carbocycles. The highest BCUT2D eigenvalue weighted by atomic mass is 79.9. The Hall–Kier alpha value is -1.02. The maximum absolute atomic E-state index is 11.6. The first kappa shape index (κ1) is 13.0. The van der Waals surface area contributed by atoms with E-state index in [4.69, 9.17) is 0 Å². The van der Waals surface area contributed by atoms with E-state index in [9.17, 15) is 14.9 Å². The molecule has 8 heteroatoms. The number of aromatic nitrogens is 1. The van der Waals surface area contributed by atoms with E-state index in [0.29, 0.717) is 0 Å². The predicted molar refractivity (Wildman–Crippen MR) is 65.0 cm³/mol. The van der Waals surface area contributed by atoms with Crippen LogP contribution >= 0.6 is 27.3 Å². The molecule has 0 saturated heterocycles. The summed E-state index contributed by atoms with van der Waals surface area (Å²) in [6.07, 6.45) is 1.12. The van der Waals surface area contributed by atoms with Crippen LogP contribution in [0.1, 0.15) is 13.8 Å². The molecular formula is C8H10BrN3O3S. The van der Waals surface area contributed by atoms with Crippen molar-refractivity contribution in [2.24, 2.45) is 5.92 Å². The Labute approximate surface area is 104 Å². The van der Waals surface area contributed by atoms with Crippen LogP contribution in [0.2, 0.25) is 0 Å². The smallest absolute Gasteiger partial charge is 0.301 e. The first-order valence-electron chi connectivity index (χ1n) is 4.47. The number of nitrogens with zero attached hydrogens (tertiary/aromatic N) is 2. The molecule has 0 radical (unpaired) electrons. The van der Waals surface area contributed by atoms with E-state index in [1.807, 2.05) is 13.8 Å². The number of hydrogen-bond donors (Lipinski definition) is 1. The fraction of sp³-hybridized carbons (Fsp3) is 0.500. The normalized spacial score (nSPS) is 12.5. The van der Waals surface area contributed by atoms with Gasteiger partial charge in [0.2, 0.25) is 5.91 Å². The third-order valence-corrected chi connectivity index (χ3v) is 4.08. The summed E-state index contributed by atoms with van der Waals surface area (Å²) < 4.78 is 0. The van der Waals surface area contributed by atoms with Gasteiger partial charge in [-0.2, -0.15) is 0 Å². The summed E-state index contributed by atoms with van der Waals surface area (Å²) in [5.41, 5.74) is 0. The van der Waals surface area contributed by atoms with Gasteiger partial charge in [0.1, 0.15) is 6.20 Å². The average Bonchev–Trinajstić information content (AvgIpc) is 2.64. The van der Waals surface area contributed by atoms with Crippen LogP contribution in [0.15, 0.2) is 6.20 Å². The maximum Gasteiger partial charge on any atom is 0.345 e. The molecule has 1 heterocycles. The third kappa shape index (κ3) is 3.24. The number of alkyl halides is 1. The fourth-order valence-corrected chi connectivity index (χ4v) is 1.63. The lowest BCUT2D eigenvalue weighted by Crippen LogP contribution is -2.26. The van der Waals surface area contributed by atoms with E-state index in [-0.39, 0.29) is 26.8 Å². The molecule has 0 saturated carbocycles. The van der Waals surface area contributed by atoms with Crippen molar-refractivity contribution in [1.29, 1.82) is 0 Å². The summed E-state index contributed by atoms with van der Waals surface area (Å²) in [4.78, 5) is 24.8. The summed E-state index contributed by atoms with van der Waals surface area (Å²) in [6, 6.07) is 0. The third-order valence-electron chi connectivity index (χ3n) is 1.74. The molecule has 1 amide bonds. The van der Waals surface area contributed by atoms with Crippen LogP contribution in [0, 0.1) is 16.0 Å². The predicted octanol–water partition coefficient (Wildman–Crippen LogP) is 2.41. The SMILES string of the molecule is CC(C)C(Br)C(=O)Nc1ncc([N+](=O)[O-])s1. The zero-order chi connectivity index (χ0) is 12.3. The summed E-state index contributed by atoms with van der Waals surface area (Å²) in [6.45, 7) is 3.78. The van der Waals surface area contributed by atoms with Gasteiger partial charge in [0, 0.05) is 0 Å². The van der Waals surface area contributed by atoms with Crippen molar-refractivity contribution in [3.05, 3.63) is 16.3 Å². The molecule has 0 aliphatic heterocycles. The number of rotatable bonds is 4. The van der Waals surface area contributed by atoms with E-state index in [0.717, 1.165) is 17.5 Å². The van der Waals surface area contributed by atoms with Crippen molar-refractivity contribution in [2.45, 2.75) is 18.7 Å². The first-order chi connectivity index (χ1) is 7.41. The van der Waals surface area contributed by atoms with Crippen LogP contribution in [0.5, 0.6) is 0 Å². The second-order valence-electron chi connectivity index (χ2n) is 3.40. The number of anilines is 1. The van der Waals surface area contributed by atoms with Gasteiger partial charge in [-0.25, -0.2) is 4.98 Å². The quantitative estimate of drug-likeness (QED) is 0.526. The Morgan fingerprint density at radius 2 is 2.31 bits per heavy atom. The molecule has 1 atom stereocenters. The minimum Gasteiger partial charge on any atom is -0.301 e. The highest BCUT2D eigenvalue weighted by Gasteiger charge is 2.20. The lowest BCUT2D eigenvalue weighted by atomic mass is 10.1. The van der Waals surface area contributed by atoms with Gasteiger partial charge in [-0.05, 0) is 17.3 Å². The van der Waals surface area contributed by atoms with Gasteiger partial charge in [-0.15, -0.1) is 0 Å². The van der Waals surface area contributed by atoms with Crippen LogP contribution in [-0.4, -0.2) is 20.6 Å². The zero-order valence-electron chi connectivity index (χ0n) is 8.64. The molecule has 16 heavy (non-hydrogen) atoms. The minimum absolute atomic E-state index is 0.0917. The van der Waals surface area contributed by atoms with Gasteiger partial charge < -0.3 is 5.32 Å². The molecule has 0 fully saturated rings. The van der Waals surface area contributed by atoms with Gasteiger partial charge in [0.05, 0.1) is 9.75 Å². The second kappa shape index (κ2) is 5.35. The molecular weight excluding hydrogens is 298 g/mol. The molecule has 0 aliphatic carbocycles. The Balaban J connectivity index is 2.66. The molecule has 88 valence electrons. The number of amides is 1. The summed E-state index contributed by atoms with van der Waals surface area (Å²) >= 11 is 4.07. The Morgan fingerprint density at radius 3 is 2.75 bits per heavy atom. The lowest BCUT2D eigenvalue weighted by Gasteiger charge is -2.11. The van der Waals surface area contributed by atoms with Crippen LogP contribution in [0.4, 0.5) is 10.1 Å². The second-order valence-corrected chi connectivity index (χ2v) is 5.39. The van der Waals surface area contributed by atoms with Crippen LogP contribution in [0.25, 0.3) is 0 Å². The molecule has 1 aromatic rings. The molecule has 1 N–H and O–H groups in total. The lowest BCUT2D eigenvalue weighted by molar-refractivity contribution is -0.380. The molecule has 1 rings (SSSR count). The van der Waals surface area contributed by atoms with Crippen molar-refractivity contribution in [1.82, 2.24) is 4.98 Å². The number of halogens is 1. The highest BCUT2D eigenvalue weighted by molar-refractivity contribution is 9.10. The van der Waals surface area contributed by atoms with Crippen molar-refractivity contribution >= 4 is 43.3 Å². The Kier molecular flexibility index (Phi) is 4.36. The molecule has 0 aliphatic rings. The Bertz CT molecular complexity index is 407. The highest BCUT2D eigenvalue weighted by Crippen LogP contribution is 2.25. The van der Waals surface area contributed by atoms with E-state index < -0.39 is 4.92 Å². The average molecular weight is 308 g/mol. The van der Waals surface area contributed by atoms with Crippen molar-refractivity contribution in [3.63, 3.8) is 0 Å². The summed E-state index contributed by atoms with van der Waals surface area (Å²) in [5, 5.41) is 13.1. The summed E-state index contributed by atoms with van der Waals surface area (Å²) in [7, 11) is 0. The topological polar surface area (TPSA) is 85.1 Å². The number of nitrogens with one attached hydrogen (secondary N) is 1. The van der Waals surface area contributed by atoms with Gasteiger partial charge >= 0.3 is 5.00 Å². The van der Waals surface area contributed by atoms with Gasteiger partial charge in [-0.3, -0.25) is 14.9 Å². The minimum atomic E-state index is -0.540. The number of carbonyl (C=O) groups is 1. The van der Waals surface area contributed by atoms with E-state index in [1.54, 1.807) is 0 Å². The number of carbonyl (C=O) groups excluding carboxylic acids is 1. The van der Waals surface area contributed by atoms with E-state index in [2.05, 4.69) is 26.2 Å². The van der Waals surface area contributed by atoms with Crippen LogP contribution < -0.4 is 5.32 Å². The van der Waals surface area contributed by atoms with Crippen molar-refractivity contribution < 1.29 is 9.72 Å². The van der Waals surface area contributed by atoms with Gasteiger partial charge in [-0.1, -0.05) is 29.8 Å². The monoisotopic (exact) mass is 307 g/mol. The largest absolute Gasteiger partial charge is 0.345 e. The number of thiazole rings is 1. The fourth-order valence-electron chi connectivity index (χ4n) is 0.885. The van der Waals surface area contributed by atoms with Crippen molar-refractivity contribution in [2.75, 3.05) is 5.32 Å². The Morgan fingerprint density at radius 1 is 1.69 bits per heavy atom. The van der Waals surface area contributed by atoms with Crippen molar-refractivity contribution in [3.8, 4) is 0 Å². The van der Waals surface area contributed by atoms with Crippen LogP contribution in [-0.2, 0) is 4.79 Å². The van der Waals surface area contributed by atoms with Gasteiger partial charge in [0.25, 0.3) is 0 Å². The zero-order valence-corrected chi connectivity index (χ0v) is 11.0. The molecule has 1 unspecified atom stereocenters. The summed E-state index contributed by atoms with van der Waals surface area (Å²) in [5.74, 6) is -0.116. The van der Waals surface area contributed by atoms with E-state index >= 15 is 0 Å². The molecule has 0 bridgehead atoms. The maximum atomic E-state index is 11.6. The van der Waals surface area contributed by atoms with Gasteiger partial charge in [0.15, 0.2) is 5.13 Å². The molecule has 0 spiro atoms. The standard InChI is InChI=1S/C8H10BrN3O3S/c1-4(2)6(9)7(13)11-8-10-3-5(16-8)12(14)15/h3-4,6H,1-2H3,(H,10,11,13). The molecule has 6 nitrogen and oxygen atoms in total.